The van der Waals surface area contributed by atoms with E-state index in [-0.39, 0.29) is 11.9 Å². The number of rotatable bonds is 3. The van der Waals surface area contributed by atoms with Crippen molar-refractivity contribution in [2.24, 2.45) is 0 Å². The van der Waals surface area contributed by atoms with Crippen molar-refractivity contribution in [2.75, 3.05) is 56.0 Å². The van der Waals surface area contributed by atoms with Crippen molar-refractivity contribution >= 4 is 23.3 Å². The lowest BCUT2D eigenvalue weighted by molar-refractivity contribution is -0.130. The highest BCUT2D eigenvalue weighted by atomic mass is 16.2. The van der Waals surface area contributed by atoms with Crippen LogP contribution >= 0.6 is 0 Å². The summed E-state index contributed by atoms with van der Waals surface area (Å²) in [7, 11) is 0. The number of nitrogens with zero attached hydrogens (tertiary/aromatic N) is 4. The van der Waals surface area contributed by atoms with Crippen molar-refractivity contribution in [3.8, 4) is 0 Å². The third-order valence-electron chi connectivity index (χ3n) is 6.73. The van der Waals surface area contributed by atoms with Crippen molar-refractivity contribution < 1.29 is 9.59 Å². The van der Waals surface area contributed by atoms with Gasteiger partial charge in [-0.05, 0) is 57.0 Å². The van der Waals surface area contributed by atoms with Crippen LogP contribution in [0.5, 0.6) is 0 Å². The first kappa shape index (κ1) is 20.0. The molecule has 0 spiro atoms. The molecule has 0 saturated carbocycles. The molecule has 0 aromatic heterocycles. The van der Waals surface area contributed by atoms with Crippen molar-refractivity contribution in [3.05, 3.63) is 24.3 Å². The van der Waals surface area contributed by atoms with Gasteiger partial charge in [-0.2, -0.15) is 0 Å². The maximum atomic E-state index is 12.5. The van der Waals surface area contributed by atoms with E-state index in [9.17, 15) is 9.59 Å². The van der Waals surface area contributed by atoms with Crippen molar-refractivity contribution in [1.29, 1.82) is 0 Å². The number of hydrogen-bond acceptors (Lipinski definition) is 4. The molecule has 2 atom stereocenters. The number of likely N-dealkylation sites (tertiary alicyclic amines) is 1. The summed E-state index contributed by atoms with van der Waals surface area (Å²) in [5.74, 6) is 0.0731. The lowest BCUT2D eigenvalue weighted by Gasteiger charge is -2.34. The zero-order chi connectivity index (χ0) is 20.4. The van der Waals surface area contributed by atoms with Crippen LogP contribution in [0.2, 0.25) is 0 Å². The monoisotopic (exact) mass is 399 g/mol. The molecule has 0 aliphatic carbocycles. The predicted molar refractivity (Wildman–Crippen MR) is 115 cm³/mol. The van der Waals surface area contributed by atoms with Gasteiger partial charge >= 0.3 is 6.03 Å². The summed E-state index contributed by atoms with van der Waals surface area (Å²) in [4.78, 5) is 32.6. The molecule has 3 aliphatic heterocycles. The highest BCUT2D eigenvalue weighted by Crippen LogP contribution is 2.28. The van der Waals surface area contributed by atoms with Gasteiger partial charge in [-0.15, -0.1) is 0 Å². The Morgan fingerprint density at radius 3 is 2.24 bits per heavy atom. The number of anilines is 2. The van der Waals surface area contributed by atoms with E-state index in [4.69, 9.17) is 0 Å². The van der Waals surface area contributed by atoms with Crippen LogP contribution in [0.4, 0.5) is 16.2 Å². The number of hydrogen-bond donors (Lipinski definition) is 1. The second-order valence-electron chi connectivity index (χ2n) is 8.59. The number of urea groups is 1. The molecule has 158 valence electrons. The Hall–Kier alpha value is -2.28. The van der Waals surface area contributed by atoms with Crippen molar-refractivity contribution in [3.63, 3.8) is 0 Å². The SMILES string of the molecule is CC(=O)N1CCN(C(=O)Nc2ccc(N3CCC(N4CCCC4C)C3)cc2)CC1. The molecule has 7 heteroatoms. The number of carbonyl (C=O) groups is 2. The second kappa shape index (κ2) is 8.61. The average Bonchev–Trinajstić information content (AvgIpc) is 3.37. The van der Waals surface area contributed by atoms with Crippen molar-refractivity contribution in [2.45, 2.75) is 45.2 Å². The van der Waals surface area contributed by atoms with Gasteiger partial charge in [0.25, 0.3) is 0 Å². The van der Waals surface area contributed by atoms with E-state index in [0.29, 0.717) is 32.2 Å². The van der Waals surface area contributed by atoms with E-state index in [1.165, 1.54) is 31.5 Å². The smallest absolute Gasteiger partial charge is 0.321 e. The summed E-state index contributed by atoms with van der Waals surface area (Å²) in [6.07, 6.45) is 3.89. The van der Waals surface area contributed by atoms with E-state index >= 15 is 0 Å². The molecule has 4 rings (SSSR count). The van der Waals surface area contributed by atoms with Gasteiger partial charge < -0.3 is 20.0 Å². The van der Waals surface area contributed by atoms with E-state index in [1.807, 2.05) is 12.1 Å². The summed E-state index contributed by atoms with van der Waals surface area (Å²) in [5.41, 5.74) is 2.05. The topological polar surface area (TPSA) is 59.1 Å². The molecule has 29 heavy (non-hydrogen) atoms. The standard InChI is InChI=1S/C22H33N5O2/c1-17-4-3-10-27(17)21-9-11-26(16-21)20-7-5-19(6-8-20)23-22(29)25-14-12-24(13-15-25)18(2)28/h5-8,17,21H,3-4,9-16H2,1-2H3,(H,23,29). The summed E-state index contributed by atoms with van der Waals surface area (Å²) >= 11 is 0. The van der Waals surface area contributed by atoms with E-state index < -0.39 is 0 Å². The highest BCUT2D eigenvalue weighted by Gasteiger charge is 2.32. The molecule has 3 amide bonds. The van der Waals surface area contributed by atoms with Gasteiger partial charge in [0.1, 0.15) is 0 Å². The van der Waals surface area contributed by atoms with Gasteiger partial charge in [0.05, 0.1) is 0 Å². The van der Waals surface area contributed by atoms with Crippen LogP contribution in [0.25, 0.3) is 0 Å². The summed E-state index contributed by atoms with van der Waals surface area (Å²) < 4.78 is 0. The Morgan fingerprint density at radius 2 is 1.62 bits per heavy atom. The molecule has 3 heterocycles. The van der Waals surface area contributed by atoms with E-state index in [0.717, 1.165) is 24.8 Å². The Kier molecular flexibility index (Phi) is 5.94. The first-order chi connectivity index (χ1) is 14.0. The molecule has 7 nitrogen and oxygen atoms in total. The first-order valence-corrected chi connectivity index (χ1v) is 10.9. The molecule has 3 saturated heterocycles. The fraction of sp³-hybridized carbons (Fsp3) is 0.636. The minimum atomic E-state index is -0.0924. The third-order valence-corrected chi connectivity index (χ3v) is 6.73. The van der Waals surface area contributed by atoms with Crippen LogP contribution in [0.3, 0.4) is 0 Å². The molecule has 3 aliphatic rings. The molecule has 0 radical (unpaired) electrons. The fourth-order valence-electron chi connectivity index (χ4n) is 4.93. The highest BCUT2D eigenvalue weighted by molar-refractivity contribution is 5.89. The maximum Gasteiger partial charge on any atom is 0.321 e. The Bertz CT molecular complexity index is 729. The summed E-state index contributed by atoms with van der Waals surface area (Å²) in [6, 6.07) is 9.49. The van der Waals surface area contributed by atoms with E-state index in [2.05, 4.69) is 34.2 Å². The average molecular weight is 400 g/mol. The molecule has 1 N–H and O–H groups in total. The summed E-state index contributed by atoms with van der Waals surface area (Å²) in [6.45, 7) is 9.72. The lowest BCUT2D eigenvalue weighted by atomic mass is 10.2. The number of piperazine rings is 1. The fourth-order valence-corrected chi connectivity index (χ4v) is 4.93. The quantitative estimate of drug-likeness (QED) is 0.848. The largest absolute Gasteiger partial charge is 0.370 e. The Labute approximate surface area is 173 Å². The zero-order valence-electron chi connectivity index (χ0n) is 17.6. The van der Waals surface area contributed by atoms with Crippen LogP contribution < -0.4 is 10.2 Å². The molecular formula is C22H33N5O2. The lowest BCUT2D eigenvalue weighted by Crippen LogP contribution is -2.51. The van der Waals surface area contributed by atoms with Crippen LogP contribution in [0.1, 0.15) is 33.1 Å². The number of nitrogens with one attached hydrogen (secondary N) is 1. The van der Waals surface area contributed by atoms with Gasteiger partial charge in [-0.3, -0.25) is 9.69 Å². The van der Waals surface area contributed by atoms with Crippen molar-refractivity contribution in [1.82, 2.24) is 14.7 Å². The predicted octanol–water partition coefficient (Wildman–Crippen LogP) is 2.45. The van der Waals surface area contributed by atoms with Gasteiger partial charge in [0, 0.05) is 69.7 Å². The number of benzene rings is 1. The Morgan fingerprint density at radius 1 is 0.931 bits per heavy atom. The molecule has 1 aromatic carbocycles. The minimum Gasteiger partial charge on any atom is -0.370 e. The zero-order valence-corrected chi connectivity index (χ0v) is 17.6. The minimum absolute atomic E-state index is 0.0731. The first-order valence-electron chi connectivity index (χ1n) is 10.9. The normalized spacial score (nSPS) is 25.5. The number of carbonyl (C=O) groups excluding carboxylic acids is 2. The molecule has 3 fully saturated rings. The Balaban J connectivity index is 1.28. The molecule has 2 unspecified atom stereocenters. The molecule has 0 bridgehead atoms. The molecular weight excluding hydrogens is 366 g/mol. The van der Waals surface area contributed by atoms with Crippen LogP contribution in [-0.4, -0.2) is 84.5 Å². The second-order valence-corrected chi connectivity index (χ2v) is 8.59. The van der Waals surface area contributed by atoms with Gasteiger partial charge in [-0.25, -0.2) is 4.79 Å². The maximum absolute atomic E-state index is 12.5. The van der Waals surface area contributed by atoms with Gasteiger partial charge in [0.2, 0.25) is 5.91 Å². The third kappa shape index (κ3) is 4.50. The van der Waals surface area contributed by atoms with Crippen LogP contribution in [0, 0.1) is 0 Å². The van der Waals surface area contributed by atoms with Crippen LogP contribution in [0.15, 0.2) is 24.3 Å². The number of amides is 3. The van der Waals surface area contributed by atoms with Gasteiger partial charge in [-0.1, -0.05) is 0 Å². The van der Waals surface area contributed by atoms with E-state index in [1.54, 1.807) is 16.7 Å². The summed E-state index contributed by atoms with van der Waals surface area (Å²) in [5, 5.41) is 2.99. The van der Waals surface area contributed by atoms with Crippen LogP contribution in [-0.2, 0) is 4.79 Å². The van der Waals surface area contributed by atoms with Gasteiger partial charge in [0.15, 0.2) is 0 Å². The molecule has 1 aromatic rings.